The van der Waals surface area contributed by atoms with Crippen LogP contribution in [-0.4, -0.2) is 28.2 Å². The third-order valence-corrected chi connectivity index (χ3v) is 6.50. The van der Waals surface area contributed by atoms with Gasteiger partial charge in [0.15, 0.2) is 5.16 Å². The number of hydrogen-bond acceptors (Lipinski definition) is 7. The van der Waals surface area contributed by atoms with Crippen LogP contribution in [-0.2, 0) is 6.18 Å². The Morgan fingerprint density at radius 3 is 2.34 bits per heavy atom. The molecule has 0 radical (unpaired) electrons. The number of nitrogen functional groups attached to an aromatic ring is 1. The van der Waals surface area contributed by atoms with Gasteiger partial charge in [0.25, 0.3) is 5.91 Å². The minimum absolute atomic E-state index is 0.179. The van der Waals surface area contributed by atoms with Gasteiger partial charge in [0.05, 0.1) is 22.3 Å². The lowest BCUT2D eigenvalue weighted by Crippen LogP contribution is -2.19. The van der Waals surface area contributed by atoms with Crippen LogP contribution in [0, 0.1) is 0 Å². The molecule has 13 heteroatoms. The first-order chi connectivity index (χ1) is 16.6. The number of nitrogens with one attached hydrogen (secondary N) is 2. The lowest BCUT2D eigenvalue weighted by atomic mass is 10.1. The fraction of sp³-hybridized carbons (Fsp3) is 0.0909. The number of fused-ring (bicyclic) bond motifs is 1. The molecule has 0 atom stereocenters. The molecule has 3 amide bonds. The topological polar surface area (TPSA) is 136 Å². The summed E-state index contributed by atoms with van der Waals surface area (Å²) in [5.41, 5.74) is 12.6. The van der Waals surface area contributed by atoms with Crippen molar-refractivity contribution < 1.29 is 22.8 Å². The van der Waals surface area contributed by atoms with Gasteiger partial charge in [-0.1, -0.05) is 23.9 Å². The molecule has 35 heavy (non-hydrogen) atoms. The number of rotatable bonds is 5. The average molecular weight is 519 g/mol. The lowest BCUT2D eigenvalue weighted by Gasteiger charge is -2.11. The van der Waals surface area contributed by atoms with E-state index < -0.39 is 23.7 Å². The van der Waals surface area contributed by atoms with E-state index in [1.165, 1.54) is 11.8 Å². The number of carbonyl (C=O) groups excluding carboxylic acids is 2. The zero-order valence-corrected chi connectivity index (χ0v) is 19.6. The number of thiophene rings is 1. The molecular formula is C22H17F3N6O2S2. The van der Waals surface area contributed by atoms with Gasteiger partial charge in [-0.05, 0) is 42.7 Å². The zero-order valence-electron chi connectivity index (χ0n) is 17.9. The zero-order chi connectivity index (χ0) is 25.3. The van der Waals surface area contributed by atoms with Crippen molar-refractivity contribution in [2.75, 3.05) is 22.6 Å². The maximum Gasteiger partial charge on any atom is 0.416 e. The number of halogens is 3. The predicted molar refractivity (Wildman–Crippen MR) is 132 cm³/mol. The Kier molecular flexibility index (Phi) is 6.54. The summed E-state index contributed by atoms with van der Waals surface area (Å²) in [7, 11) is 0. The van der Waals surface area contributed by atoms with Gasteiger partial charge in [-0.2, -0.15) is 13.2 Å². The third kappa shape index (κ3) is 5.15. The number of hydrogen-bond donors (Lipinski definition) is 4. The standard InChI is InChI=1S/C22H17F3N6O2S2/c1-34-21-30-16(14-15(26)17(18(27)32)35-19(14)31-21)10-3-2-4-13(9-10)29-20(33)28-12-7-5-11(6-8-12)22(23,24)25/h2-9H,26H2,1H3,(H2,27,32)(H2,28,29,33). The van der Waals surface area contributed by atoms with Gasteiger partial charge in [0.1, 0.15) is 9.71 Å². The monoisotopic (exact) mass is 518 g/mol. The van der Waals surface area contributed by atoms with E-state index in [1.807, 2.05) is 0 Å². The number of aromatic nitrogens is 2. The molecule has 0 fully saturated rings. The van der Waals surface area contributed by atoms with Crippen molar-refractivity contribution in [3.05, 3.63) is 59.0 Å². The molecule has 180 valence electrons. The Morgan fingerprint density at radius 1 is 1.03 bits per heavy atom. The van der Waals surface area contributed by atoms with E-state index in [0.717, 1.165) is 35.6 Å². The number of nitrogens with zero attached hydrogens (tertiary/aromatic N) is 2. The summed E-state index contributed by atoms with van der Waals surface area (Å²) in [4.78, 5) is 33.8. The minimum Gasteiger partial charge on any atom is -0.397 e. The normalized spacial score (nSPS) is 11.4. The smallest absolute Gasteiger partial charge is 0.397 e. The molecule has 0 spiro atoms. The van der Waals surface area contributed by atoms with Gasteiger partial charge in [-0.3, -0.25) is 4.79 Å². The first-order valence-corrected chi connectivity index (χ1v) is 11.9. The fourth-order valence-corrected chi connectivity index (χ4v) is 4.64. The predicted octanol–water partition coefficient (Wildman–Crippen LogP) is 5.42. The highest BCUT2D eigenvalue weighted by Crippen LogP contribution is 2.39. The maximum absolute atomic E-state index is 12.7. The molecule has 2 heterocycles. The molecule has 4 aromatic rings. The summed E-state index contributed by atoms with van der Waals surface area (Å²) < 4.78 is 38.2. The highest BCUT2D eigenvalue weighted by Gasteiger charge is 2.30. The largest absolute Gasteiger partial charge is 0.416 e. The Labute approximate surface area is 204 Å². The van der Waals surface area contributed by atoms with E-state index in [1.54, 1.807) is 30.5 Å². The van der Waals surface area contributed by atoms with E-state index in [4.69, 9.17) is 11.5 Å². The average Bonchev–Trinajstić information content (AvgIpc) is 3.15. The SMILES string of the molecule is CSc1nc(-c2cccc(NC(=O)Nc3ccc(C(F)(F)F)cc3)c2)c2c(N)c(C(N)=O)sc2n1. The molecule has 0 aliphatic rings. The van der Waals surface area contributed by atoms with Crippen LogP contribution in [0.3, 0.4) is 0 Å². The van der Waals surface area contributed by atoms with Crippen molar-refractivity contribution in [2.24, 2.45) is 5.73 Å². The van der Waals surface area contributed by atoms with Crippen LogP contribution in [0.2, 0.25) is 0 Å². The molecule has 0 aliphatic carbocycles. The maximum atomic E-state index is 12.7. The number of anilines is 3. The number of primary amides is 1. The van der Waals surface area contributed by atoms with Crippen molar-refractivity contribution in [1.29, 1.82) is 0 Å². The van der Waals surface area contributed by atoms with Crippen molar-refractivity contribution in [3.63, 3.8) is 0 Å². The molecule has 0 unspecified atom stereocenters. The number of nitrogens with two attached hydrogens (primary N) is 2. The van der Waals surface area contributed by atoms with Crippen molar-refractivity contribution in [3.8, 4) is 11.3 Å². The number of alkyl halides is 3. The van der Waals surface area contributed by atoms with E-state index in [9.17, 15) is 22.8 Å². The lowest BCUT2D eigenvalue weighted by molar-refractivity contribution is -0.137. The van der Waals surface area contributed by atoms with Crippen LogP contribution >= 0.6 is 23.1 Å². The van der Waals surface area contributed by atoms with Crippen LogP contribution in [0.15, 0.2) is 53.7 Å². The van der Waals surface area contributed by atoms with Gasteiger partial charge in [0.2, 0.25) is 0 Å². The molecule has 0 bridgehead atoms. The van der Waals surface area contributed by atoms with Gasteiger partial charge >= 0.3 is 12.2 Å². The Bertz CT molecular complexity index is 1440. The van der Waals surface area contributed by atoms with E-state index >= 15 is 0 Å². The van der Waals surface area contributed by atoms with E-state index in [-0.39, 0.29) is 16.3 Å². The van der Waals surface area contributed by atoms with Crippen LogP contribution in [0.4, 0.5) is 35.0 Å². The molecule has 6 N–H and O–H groups in total. The first-order valence-electron chi connectivity index (χ1n) is 9.86. The van der Waals surface area contributed by atoms with Gasteiger partial charge < -0.3 is 22.1 Å². The summed E-state index contributed by atoms with van der Waals surface area (Å²) in [5.74, 6) is -0.669. The quantitative estimate of drug-likeness (QED) is 0.206. The second kappa shape index (κ2) is 9.43. The molecule has 2 aromatic carbocycles. The Hall–Kier alpha value is -3.84. The molecule has 2 aromatic heterocycles. The number of thioether (sulfide) groups is 1. The second-order valence-electron chi connectivity index (χ2n) is 7.18. The number of benzene rings is 2. The molecule has 0 saturated heterocycles. The van der Waals surface area contributed by atoms with E-state index in [2.05, 4.69) is 20.6 Å². The van der Waals surface area contributed by atoms with Gasteiger partial charge in [0, 0.05) is 16.9 Å². The van der Waals surface area contributed by atoms with Crippen molar-refractivity contribution in [1.82, 2.24) is 9.97 Å². The highest BCUT2D eigenvalue weighted by atomic mass is 32.2. The summed E-state index contributed by atoms with van der Waals surface area (Å²) in [6.07, 6.45) is -2.66. The number of amides is 3. The molecule has 4 rings (SSSR count). The molecular weight excluding hydrogens is 501 g/mol. The van der Waals surface area contributed by atoms with Gasteiger partial charge in [-0.25, -0.2) is 14.8 Å². The molecule has 8 nitrogen and oxygen atoms in total. The fourth-order valence-electron chi connectivity index (χ4n) is 3.27. The van der Waals surface area contributed by atoms with Crippen LogP contribution in [0.25, 0.3) is 21.5 Å². The summed E-state index contributed by atoms with van der Waals surface area (Å²) in [6, 6.07) is 10.2. The summed E-state index contributed by atoms with van der Waals surface area (Å²) in [6.45, 7) is 0. The second-order valence-corrected chi connectivity index (χ2v) is 8.96. The Balaban J connectivity index is 1.62. The first kappa shape index (κ1) is 24.3. The number of carbonyl (C=O) groups is 2. The van der Waals surface area contributed by atoms with Gasteiger partial charge in [-0.15, -0.1) is 11.3 Å². The summed E-state index contributed by atoms with van der Waals surface area (Å²) in [5, 5.41) is 6.06. The van der Waals surface area contributed by atoms with Crippen molar-refractivity contribution in [2.45, 2.75) is 11.3 Å². The minimum atomic E-state index is -4.46. The highest BCUT2D eigenvalue weighted by molar-refractivity contribution is 7.98. The molecule has 0 aliphatic heterocycles. The third-order valence-electron chi connectivity index (χ3n) is 4.84. The number of urea groups is 1. The molecule has 0 saturated carbocycles. The van der Waals surface area contributed by atoms with Crippen LogP contribution < -0.4 is 22.1 Å². The Morgan fingerprint density at radius 2 is 1.71 bits per heavy atom. The van der Waals surface area contributed by atoms with Crippen LogP contribution in [0.5, 0.6) is 0 Å². The van der Waals surface area contributed by atoms with E-state index in [0.29, 0.717) is 32.3 Å². The summed E-state index contributed by atoms with van der Waals surface area (Å²) >= 11 is 2.39. The van der Waals surface area contributed by atoms with Crippen LogP contribution in [0.1, 0.15) is 15.2 Å². The van der Waals surface area contributed by atoms with Crippen molar-refractivity contribution >= 4 is 62.3 Å².